The van der Waals surface area contributed by atoms with Gasteiger partial charge in [0.05, 0.1) is 0 Å². The lowest BCUT2D eigenvalue weighted by molar-refractivity contribution is 0.170. The van der Waals surface area contributed by atoms with Crippen molar-refractivity contribution >= 4 is 35.0 Å². The highest BCUT2D eigenvalue weighted by Gasteiger charge is 2.15. The quantitative estimate of drug-likeness (QED) is 0.593. The Bertz CT molecular complexity index is 1100. The third-order valence-electron chi connectivity index (χ3n) is 4.26. The van der Waals surface area contributed by atoms with Crippen LogP contribution in [0.25, 0.3) is 11.1 Å². The summed E-state index contributed by atoms with van der Waals surface area (Å²) < 4.78 is 16.7. The predicted molar refractivity (Wildman–Crippen MR) is 114 cm³/mol. The van der Waals surface area contributed by atoms with Gasteiger partial charge in [-0.05, 0) is 43.3 Å². The van der Waals surface area contributed by atoms with Crippen molar-refractivity contribution in [1.29, 1.82) is 0 Å². The number of hydrogen-bond donors (Lipinski definition) is 2. The van der Waals surface area contributed by atoms with Crippen LogP contribution in [-0.4, -0.2) is 37.1 Å². The van der Waals surface area contributed by atoms with Crippen LogP contribution >= 0.6 is 12.1 Å². The van der Waals surface area contributed by atoms with E-state index >= 15 is 0 Å². The van der Waals surface area contributed by atoms with Gasteiger partial charge in [-0.3, -0.25) is 0 Å². The molecule has 0 unspecified atom stereocenters. The highest BCUT2D eigenvalue weighted by Crippen LogP contribution is 2.23. The third-order valence-corrected chi connectivity index (χ3v) is 4.80. The second-order valence-corrected chi connectivity index (χ2v) is 7.36. The number of nitrogens with zero attached hydrogens (tertiary/aromatic N) is 2. The fourth-order valence-electron chi connectivity index (χ4n) is 2.75. The van der Waals surface area contributed by atoms with Crippen LogP contribution in [0, 0.1) is 6.92 Å². The van der Waals surface area contributed by atoms with Crippen LogP contribution in [0.1, 0.15) is 16.7 Å². The standard InChI is InChI=1S/C20H22N4O4S/c1-12-15-8-9-17(27-20(26)24(3)4)22-18(15)28-19(25)16(12)11-13-6-5-7-14(10-13)23-29-21-2/h5-10,21,23H,11H2,1-4H3. The van der Waals surface area contributed by atoms with Gasteiger partial charge in [-0.2, -0.15) is 4.98 Å². The lowest BCUT2D eigenvalue weighted by Gasteiger charge is -2.11. The Balaban J connectivity index is 1.92. The van der Waals surface area contributed by atoms with E-state index < -0.39 is 11.7 Å². The maximum absolute atomic E-state index is 12.6. The molecular weight excluding hydrogens is 392 g/mol. The molecule has 0 saturated heterocycles. The molecule has 0 aliphatic heterocycles. The summed E-state index contributed by atoms with van der Waals surface area (Å²) in [5.41, 5.74) is 2.94. The number of rotatable bonds is 6. The first-order valence-electron chi connectivity index (χ1n) is 8.89. The van der Waals surface area contributed by atoms with E-state index in [-0.39, 0.29) is 11.6 Å². The van der Waals surface area contributed by atoms with Crippen molar-refractivity contribution in [2.45, 2.75) is 13.3 Å². The van der Waals surface area contributed by atoms with Crippen LogP contribution in [0.15, 0.2) is 45.6 Å². The monoisotopic (exact) mass is 414 g/mol. The smallest absolute Gasteiger partial charge is 0.403 e. The van der Waals surface area contributed by atoms with E-state index in [1.54, 1.807) is 26.2 Å². The molecule has 0 radical (unpaired) electrons. The number of anilines is 1. The molecule has 9 heteroatoms. The van der Waals surface area contributed by atoms with Crippen molar-refractivity contribution in [3.05, 3.63) is 63.5 Å². The van der Waals surface area contributed by atoms with Crippen molar-refractivity contribution < 1.29 is 13.9 Å². The highest BCUT2D eigenvalue weighted by molar-refractivity contribution is 7.98. The van der Waals surface area contributed by atoms with Crippen molar-refractivity contribution in [3.63, 3.8) is 0 Å². The minimum absolute atomic E-state index is 0.0762. The molecule has 29 heavy (non-hydrogen) atoms. The van der Waals surface area contributed by atoms with Crippen molar-refractivity contribution in [2.75, 3.05) is 25.9 Å². The zero-order valence-electron chi connectivity index (χ0n) is 16.6. The summed E-state index contributed by atoms with van der Waals surface area (Å²) in [6, 6.07) is 11.1. The van der Waals surface area contributed by atoms with Gasteiger partial charge in [0.15, 0.2) is 0 Å². The van der Waals surface area contributed by atoms with E-state index in [1.807, 2.05) is 38.2 Å². The van der Waals surface area contributed by atoms with Crippen molar-refractivity contribution in [3.8, 4) is 5.88 Å². The number of fused-ring (bicyclic) bond motifs is 1. The molecule has 0 saturated carbocycles. The topological polar surface area (TPSA) is 96.7 Å². The van der Waals surface area contributed by atoms with E-state index in [0.717, 1.165) is 16.8 Å². The van der Waals surface area contributed by atoms with Gasteiger partial charge >= 0.3 is 11.7 Å². The number of carbonyl (C=O) groups is 1. The molecule has 0 fully saturated rings. The molecule has 152 valence electrons. The molecule has 1 amide bonds. The Morgan fingerprint density at radius 3 is 2.79 bits per heavy atom. The Morgan fingerprint density at radius 1 is 1.28 bits per heavy atom. The summed E-state index contributed by atoms with van der Waals surface area (Å²) in [6.07, 6.45) is -0.126. The first kappa shape index (κ1) is 20.7. The molecule has 2 N–H and O–H groups in total. The maximum Gasteiger partial charge on any atom is 0.416 e. The molecule has 2 aromatic heterocycles. The largest absolute Gasteiger partial charge is 0.416 e. The SMILES string of the molecule is CNSNc1cccc(Cc2c(C)c3ccc(OC(=O)N(C)C)nc3oc2=O)c1. The summed E-state index contributed by atoms with van der Waals surface area (Å²) in [4.78, 5) is 29.7. The minimum atomic E-state index is -0.558. The number of carbonyl (C=O) groups excluding carboxylic acids is 1. The number of amides is 1. The van der Waals surface area contributed by atoms with Crippen LogP contribution in [0.3, 0.4) is 0 Å². The Hall–Kier alpha value is -3.04. The first-order valence-corrected chi connectivity index (χ1v) is 9.70. The zero-order valence-corrected chi connectivity index (χ0v) is 17.4. The molecule has 0 bridgehead atoms. The zero-order chi connectivity index (χ0) is 21.0. The summed E-state index contributed by atoms with van der Waals surface area (Å²) >= 11 is 1.36. The second kappa shape index (κ2) is 8.97. The van der Waals surface area contributed by atoms with Gasteiger partial charge in [0.25, 0.3) is 0 Å². The maximum atomic E-state index is 12.6. The Kier molecular flexibility index (Phi) is 6.40. The average molecular weight is 414 g/mol. The number of hydrogen-bond acceptors (Lipinski definition) is 8. The molecular formula is C20H22N4O4S. The van der Waals surface area contributed by atoms with E-state index in [2.05, 4.69) is 14.4 Å². The number of benzene rings is 1. The van der Waals surface area contributed by atoms with Crippen LogP contribution in [0.2, 0.25) is 0 Å². The van der Waals surface area contributed by atoms with Crippen LogP contribution in [-0.2, 0) is 6.42 Å². The number of nitrogens with one attached hydrogen (secondary N) is 2. The Morgan fingerprint density at radius 2 is 2.07 bits per heavy atom. The molecule has 8 nitrogen and oxygen atoms in total. The van der Waals surface area contributed by atoms with Crippen molar-refractivity contribution in [2.24, 2.45) is 0 Å². The molecule has 0 aliphatic carbocycles. The fraction of sp³-hybridized carbons (Fsp3) is 0.250. The van der Waals surface area contributed by atoms with Crippen LogP contribution in [0.4, 0.5) is 10.5 Å². The molecule has 3 aromatic rings. The average Bonchev–Trinajstić information content (AvgIpc) is 2.69. The summed E-state index contributed by atoms with van der Waals surface area (Å²) in [6.45, 7) is 1.86. The summed E-state index contributed by atoms with van der Waals surface area (Å²) in [7, 11) is 4.97. The van der Waals surface area contributed by atoms with Gasteiger partial charge in [-0.1, -0.05) is 12.1 Å². The Labute approximate surface area is 172 Å². The third kappa shape index (κ3) is 4.87. The molecule has 3 rings (SSSR count). The van der Waals surface area contributed by atoms with Gasteiger partial charge in [0.2, 0.25) is 11.6 Å². The summed E-state index contributed by atoms with van der Waals surface area (Å²) in [5.74, 6) is 0.0762. The number of ether oxygens (including phenoxy) is 1. The molecule has 0 spiro atoms. The summed E-state index contributed by atoms with van der Waals surface area (Å²) in [5, 5.41) is 0.698. The van der Waals surface area contributed by atoms with Gasteiger partial charge in [0, 0.05) is 55.4 Å². The van der Waals surface area contributed by atoms with Gasteiger partial charge in [-0.15, -0.1) is 0 Å². The fourth-order valence-corrected chi connectivity index (χ4v) is 3.10. The lowest BCUT2D eigenvalue weighted by Crippen LogP contribution is -2.25. The second-order valence-electron chi connectivity index (χ2n) is 6.54. The van der Waals surface area contributed by atoms with E-state index in [9.17, 15) is 9.59 Å². The minimum Gasteiger partial charge on any atom is -0.403 e. The predicted octanol–water partition coefficient (Wildman–Crippen LogP) is 3.34. The van der Waals surface area contributed by atoms with Gasteiger partial charge in [-0.25, -0.2) is 14.3 Å². The van der Waals surface area contributed by atoms with Crippen molar-refractivity contribution in [1.82, 2.24) is 14.6 Å². The number of aryl methyl sites for hydroxylation is 1. The van der Waals surface area contributed by atoms with E-state index in [0.29, 0.717) is 17.4 Å². The molecule has 1 aromatic carbocycles. The highest BCUT2D eigenvalue weighted by atomic mass is 32.2. The number of aromatic nitrogens is 1. The molecule has 2 heterocycles. The van der Waals surface area contributed by atoms with E-state index in [1.165, 1.54) is 17.0 Å². The number of pyridine rings is 1. The van der Waals surface area contributed by atoms with E-state index in [4.69, 9.17) is 9.15 Å². The van der Waals surface area contributed by atoms with Crippen LogP contribution in [0.5, 0.6) is 5.88 Å². The molecule has 0 aliphatic rings. The van der Waals surface area contributed by atoms with Gasteiger partial charge in [0.1, 0.15) is 0 Å². The lowest BCUT2D eigenvalue weighted by atomic mass is 10.0. The first-order chi connectivity index (χ1) is 13.9. The van der Waals surface area contributed by atoms with Crippen LogP contribution < -0.4 is 19.8 Å². The normalized spacial score (nSPS) is 10.8. The molecule has 0 atom stereocenters. The van der Waals surface area contributed by atoms with Gasteiger partial charge < -0.3 is 18.8 Å².